The van der Waals surface area contributed by atoms with Crippen LogP contribution in [0.5, 0.6) is 5.75 Å². The number of nitriles is 1. The van der Waals surface area contributed by atoms with E-state index >= 15 is 0 Å². The van der Waals surface area contributed by atoms with Gasteiger partial charge >= 0.3 is 0 Å². The van der Waals surface area contributed by atoms with Crippen LogP contribution in [0.3, 0.4) is 0 Å². The second kappa shape index (κ2) is 4.54. The van der Waals surface area contributed by atoms with Gasteiger partial charge in [-0.2, -0.15) is 5.26 Å². The van der Waals surface area contributed by atoms with E-state index in [0.717, 1.165) is 0 Å². The van der Waals surface area contributed by atoms with Crippen molar-refractivity contribution in [3.8, 4) is 22.9 Å². The predicted molar refractivity (Wildman–Crippen MR) is 60.8 cm³/mol. The summed E-state index contributed by atoms with van der Waals surface area (Å²) in [6.07, 6.45) is 2.06. The molecule has 0 fully saturated rings. The van der Waals surface area contributed by atoms with Gasteiger partial charge in [-0.3, -0.25) is 4.79 Å². The Hall–Kier alpha value is -2.54. The molecule has 0 unspecified atom stereocenters. The monoisotopic (exact) mass is 227 g/mol. The summed E-state index contributed by atoms with van der Waals surface area (Å²) in [5, 5.41) is 8.87. The number of hydrogen-bond acceptors (Lipinski definition) is 4. The summed E-state index contributed by atoms with van der Waals surface area (Å²) in [7, 11) is 1.53. The van der Waals surface area contributed by atoms with Crippen molar-refractivity contribution in [2.24, 2.45) is 0 Å². The first-order valence-electron chi connectivity index (χ1n) is 4.91. The lowest BCUT2D eigenvalue weighted by Crippen LogP contribution is -1.90. The summed E-state index contributed by atoms with van der Waals surface area (Å²) in [4.78, 5) is 10.8. The first kappa shape index (κ1) is 11.0. The zero-order chi connectivity index (χ0) is 12.3. The molecule has 0 N–H and O–H groups in total. The largest absolute Gasteiger partial charge is 0.496 e. The van der Waals surface area contributed by atoms with E-state index in [2.05, 4.69) is 0 Å². The van der Waals surface area contributed by atoms with Gasteiger partial charge in [0.25, 0.3) is 0 Å². The van der Waals surface area contributed by atoms with Gasteiger partial charge in [-0.05, 0) is 24.3 Å². The fourth-order valence-electron chi connectivity index (χ4n) is 1.62. The van der Waals surface area contributed by atoms with Crippen molar-refractivity contribution in [3.63, 3.8) is 0 Å². The van der Waals surface area contributed by atoms with Crippen LogP contribution in [0.25, 0.3) is 11.1 Å². The maximum atomic E-state index is 10.8. The highest BCUT2D eigenvalue weighted by Gasteiger charge is 2.13. The zero-order valence-electron chi connectivity index (χ0n) is 9.14. The number of hydrogen-bond donors (Lipinski definition) is 0. The predicted octanol–water partition coefficient (Wildman–Crippen LogP) is 2.64. The van der Waals surface area contributed by atoms with Crippen LogP contribution < -0.4 is 4.74 Å². The highest BCUT2D eigenvalue weighted by atomic mass is 16.5. The van der Waals surface area contributed by atoms with Gasteiger partial charge in [0.15, 0.2) is 12.0 Å². The van der Waals surface area contributed by atoms with Crippen molar-refractivity contribution >= 4 is 6.29 Å². The summed E-state index contributed by atoms with van der Waals surface area (Å²) in [6.45, 7) is 0. The van der Waals surface area contributed by atoms with Crippen LogP contribution >= 0.6 is 0 Å². The standard InChI is InChI=1S/C13H9NO3/c1-16-12-3-2-9(7-14)6-11(12)10-4-5-17-13(10)8-15/h2-6,8H,1H3. The topological polar surface area (TPSA) is 63.2 Å². The van der Waals surface area contributed by atoms with Crippen LogP contribution in [0, 0.1) is 11.3 Å². The molecule has 0 aliphatic carbocycles. The van der Waals surface area contributed by atoms with Gasteiger partial charge in [-0.25, -0.2) is 0 Å². The average Bonchev–Trinajstić information content (AvgIpc) is 2.86. The highest BCUT2D eigenvalue weighted by molar-refractivity contribution is 5.86. The van der Waals surface area contributed by atoms with Crippen molar-refractivity contribution in [1.29, 1.82) is 5.26 Å². The lowest BCUT2D eigenvalue weighted by Gasteiger charge is -2.07. The normalized spacial score (nSPS) is 9.65. The van der Waals surface area contributed by atoms with Crippen LogP contribution in [-0.4, -0.2) is 13.4 Å². The lowest BCUT2D eigenvalue weighted by atomic mass is 10.0. The minimum absolute atomic E-state index is 0.221. The molecule has 17 heavy (non-hydrogen) atoms. The molecule has 2 rings (SSSR count). The van der Waals surface area contributed by atoms with Crippen LogP contribution in [0.1, 0.15) is 16.1 Å². The number of nitrogens with zero attached hydrogens (tertiary/aromatic N) is 1. The molecular weight excluding hydrogens is 218 g/mol. The molecule has 0 aliphatic rings. The molecule has 4 nitrogen and oxygen atoms in total. The van der Waals surface area contributed by atoms with Gasteiger partial charge in [0.1, 0.15) is 5.75 Å². The van der Waals surface area contributed by atoms with Crippen LogP contribution in [0.2, 0.25) is 0 Å². The Kier molecular flexibility index (Phi) is 2.93. The second-order valence-electron chi connectivity index (χ2n) is 3.34. The molecule has 1 aromatic heterocycles. The Morgan fingerprint density at radius 2 is 2.18 bits per heavy atom. The number of aldehydes is 1. The summed E-state index contributed by atoms with van der Waals surface area (Å²) in [5.41, 5.74) is 1.79. The molecule has 1 heterocycles. The molecule has 4 heteroatoms. The third kappa shape index (κ3) is 1.91. The number of furan rings is 1. The Labute approximate surface area is 98.0 Å². The molecule has 0 radical (unpaired) electrons. The number of carbonyl (C=O) groups excluding carboxylic acids is 1. The van der Waals surface area contributed by atoms with Crippen molar-refractivity contribution < 1.29 is 13.9 Å². The molecule has 0 amide bonds. The highest BCUT2D eigenvalue weighted by Crippen LogP contribution is 2.33. The molecule has 0 atom stereocenters. The molecule has 0 bridgehead atoms. The Balaban J connectivity index is 2.65. The van der Waals surface area contributed by atoms with E-state index in [1.807, 2.05) is 6.07 Å². The molecule has 1 aromatic carbocycles. The third-order valence-electron chi connectivity index (χ3n) is 2.42. The summed E-state index contributed by atoms with van der Waals surface area (Å²) in [6, 6.07) is 8.72. The molecule has 2 aromatic rings. The quantitative estimate of drug-likeness (QED) is 0.756. The van der Waals surface area contributed by atoms with Gasteiger partial charge in [-0.15, -0.1) is 0 Å². The molecule has 0 spiro atoms. The Morgan fingerprint density at radius 1 is 1.35 bits per heavy atom. The second-order valence-corrected chi connectivity index (χ2v) is 3.34. The smallest absolute Gasteiger partial charge is 0.185 e. The number of rotatable bonds is 3. The van der Waals surface area contributed by atoms with Crippen LogP contribution in [0.4, 0.5) is 0 Å². The molecule has 0 saturated carbocycles. The van der Waals surface area contributed by atoms with Gasteiger partial charge in [-0.1, -0.05) is 0 Å². The summed E-state index contributed by atoms with van der Waals surface area (Å²) in [5.74, 6) is 0.812. The van der Waals surface area contributed by atoms with E-state index in [-0.39, 0.29) is 5.76 Å². The fraction of sp³-hybridized carbons (Fsp3) is 0.0769. The lowest BCUT2D eigenvalue weighted by molar-refractivity contribution is 0.110. The maximum Gasteiger partial charge on any atom is 0.185 e. The average molecular weight is 227 g/mol. The summed E-state index contributed by atoms with van der Waals surface area (Å²) < 4.78 is 10.2. The van der Waals surface area contributed by atoms with Gasteiger partial charge in [0, 0.05) is 11.1 Å². The van der Waals surface area contributed by atoms with E-state index in [9.17, 15) is 4.79 Å². The Morgan fingerprint density at radius 3 is 2.82 bits per heavy atom. The van der Waals surface area contributed by atoms with Crippen LogP contribution in [0.15, 0.2) is 34.9 Å². The van der Waals surface area contributed by atoms with Gasteiger partial charge in [0.2, 0.25) is 0 Å². The van der Waals surface area contributed by atoms with Crippen molar-refractivity contribution in [2.45, 2.75) is 0 Å². The first-order valence-corrected chi connectivity index (χ1v) is 4.91. The third-order valence-corrected chi connectivity index (χ3v) is 2.42. The van der Waals surface area contributed by atoms with E-state index in [0.29, 0.717) is 28.7 Å². The molecular formula is C13H9NO3. The summed E-state index contributed by atoms with van der Waals surface area (Å²) >= 11 is 0. The Bertz CT molecular complexity index is 593. The molecule has 84 valence electrons. The van der Waals surface area contributed by atoms with E-state index in [4.69, 9.17) is 14.4 Å². The van der Waals surface area contributed by atoms with Gasteiger partial charge < -0.3 is 9.15 Å². The van der Waals surface area contributed by atoms with Crippen molar-refractivity contribution in [3.05, 3.63) is 41.9 Å². The zero-order valence-corrected chi connectivity index (χ0v) is 9.14. The minimum atomic E-state index is 0.221. The molecule has 0 aliphatic heterocycles. The number of benzene rings is 1. The van der Waals surface area contributed by atoms with E-state index in [1.54, 1.807) is 24.3 Å². The number of carbonyl (C=O) groups is 1. The minimum Gasteiger partial charge on any atom is -0.496 e. The van der Waals surface area contributed by atoms with Crippen LogP contribution in [-0.2, 0) is 0 Å². The number of ether oxygens (including phenoxy) is 1. The number of methoxy groups -OCH3 is 1. The SMILES string of the molecule is COc1ccc(C#N)cc1-c1ccoc1C=O. The van der Waals surface area contributed by atoms with E-state index in [1.165, 1.54) is 13.4 Å². The van der Waals surface area contributed by atoms with Crippen molar-refractivity contribution in [1.82, 2.24) is 0 Å². The maximum absolute atomic E-state index is 10.8. The van der Waals surface area contributed by atoms with E-state index < -0.39 is 0 Å². The fourth-order valence-corrected chi connectivity index (χ4v) is 1.62. The van der Waals surface area contributed by atoms with Gasteiger partial charge in [0.05, 0.1) is 25.0 Å². The van der Waals surface area contributed by atoms with Crippen molar-refractivity contribution in [2.75, 3.05) is 7.11 Å². The molecule has 0 saturated heterocycles. The first-order chi connectivity index (χ1) is 8.30.